The summed E-state index contributed by atoms with van der Waals surface area (Å²) >= 11 is 1.87. The largest absolute Gasteiger partial charge is 0.485 e. The van der Waals surface area contributed by atoms with Crippen molar-refractivity contribution in [2.75, 3.05) is 10.2 Å². The van der Waals surface area contributed by atoms with Crippen LogP contribution in [0.5, 0.6) is 5.75 Å². The minimum absolute atomic E-state index is 0.0363. The van der Waals surface area contributed by atoms with E-state index in [1.54, 1.807) is 0 Å². The van der Waals surface area contributed by atoms with E-state index in [9.17, 15) is 0 Å². The molecule has 4 unspecified atom stereocenters. The summed E-state index contributed by atoms with van der Waals surface area (Å²) in [7, 11) is 0. The Hall–Kier alpha value is -6.10. The summed E-state index contributed by atoms with van der Waals surface area (Å²) < 4.78 is 9.16. The van der Waals surface area contributed by atoms with Gasteiger partial charge in [-0.05, 0) is 102 Å². The topological polar surface area (TPSA) is 24.5 Å². The molecule has 0 fully saturated rings. The Labute approximate surface area is 325 Å². The summed E-state index contributed by atoms with van der Waals surface area (Å²) in [5.74, 6) is 0.988. The highest BCUT2D eigenvalue weighted by Crippen LogP contribution is 2.58. The molecule has 4 heteroatoms. The van der Waals surface area contributed by atoms with Crippen molar-refractivity contribution in [3.63, 3.8) is 0 Å². The number of fused-ring (bicyclic) bond motifs is 11. The summed E-state index contributed by atoms with van der Waals surface area (Å²) in [6, 6.07) is 45.4. The second-order valence-corrected chi connectivity index (χ2v) is 17.2. The number of nitrogens with one attached hydrogen (secondary N) is 1. The van der Waals surface area contributed by atoms with E-state index in [2.05, 4.69) is 188 Å². The van der Waals surface area contributed by atoms with Crippen LogP contribution in [0.4, 0.5) is 17.1 Å². The maximum atomic E-state index is 6.53. The van der Waals surface area contributed by atoms with Gasteiger partial charge in [-0.3, -0.25) is 0 Å². The standard InChI is InChI=1S/C51H38N2OS/c1-50(27-24-31(25-28-50)32-18-21-40-43(29-32)54-46-17-9-10-26-51(40,46)2)53(33-19-23-45-39(30-33)35-12-6-8-16-44(35)55-45)42-22-20-36-34-11-3-4-13-37(34)49-48(36)47(42)38-14-5-7-15-41(38)52-49/h3-27,29-30,46,49,52H,28H2,1-2H3. The lowest BCUT2D eigenvalue weighted by Gasteiger charge is -2.44. The number of hydrogen-bond acceptors (Lipinski definition) is 4. The molecule has 2 aliphatic heterocycles. The number of rotatable bonds is 4. The van der Waals surface area contributed by atoms with Crippen molar-refractivity contribution >= 4 is 54.1 Å². The zero-order chi connectivity index (χ0) is 36.5. The van der Waals surface area contributed by atoms with Crippen molar-refractivity contribution in [3.05, 3.63) is 186 Å². The van der Waals surface area contributed by atoms with E-state index in [-0.39, 0.29) is 23.1 Å². The number of para-hydroxylation sites is 1. The molecule has 6 aromatic carbocycles. The Balaban J connectivity index is 1.03. The average Bonchev–Trinajstić information content (AvgIpc) is 3.86. The van der Waals surface area contributed by atoms with Gasteiger partial charge in [-0.2, -0.15) is 0 Å². The van der Waals surface area contributed by atoms with E-state index in [1.807, 2.05) is 11.3 Å². The molecule has 5 aliphatic rings. The lowest BCUT2D eigenvalue weighted by molar-refractivity contribution is 0.228. The van der Waals surface area contributed by atoms with Crippen molar-refractivity contribution in [2.45, 2.75) is 43.4 Å². The third-order valence-electron chi connectivity index (χ3n) is 12.9. The zero-order valence-electron chi connectivity index (χ0n) is 30.7. The molecule has 0 bridgehead atoms. The molecule has 0 saturated heterocycles. The van der Waals surface area contributed by atoms with E-state index in [0.29, 0.717) is 0 Å². The van der Waals surface area contributed by atoms with Gasteiger partial charge in [0.1, 0.15) is 11.9 Å². The monoisotopic (exact) mass is 726 g/mol. The summed E-state index contributed by atoms with van der Waals surface area (Å²) in [6.45, 7) is 4.68. The molecule has 3 nitrogen and oxygen atoms in total. The molecule has 3 heterocycles. The van der Waals surface area contributed by atoms with E-state index in [0.717, 1.165) is 12.2 Å². The first-order chi connectivity index (χ1) is 27.0. The Morgan fingerprint density at radius 1 is 0.745 bits per heavy atom. The molecular weight excluding hydrogens is 689 g/mol. The number of thiophene rings is 1. The fourth-order valence-electron chi connectivity index (χ4n) is 10.1. The predicted octanol–water partition coefficient (Wildman–Crippen LogP) is 13.3. The van der Waals surface area contributed by atoms with Crippen LogP contribution in [0, 0.1) is 0 Å². The lowest BCUT2D eigenvalue weighted by atomic mass is 9.76. The second kappa shape index (κ2) is 11.2. The maximum Gasteiger partial charge on any atom is 0.130 e. The lowest BCUT2D eigenvalue weighted by Crippen LogP contribution is -2.43. The van der Waals surface area contributed by atoms with Gasteiger partial charge in [0.2, 0.25) is 0 Å². The molecule has 3 aliphatic carbocycles. The van der Waals surface area contributed by atoms with Crippen LogP contribution < -0.4 is 15.0 Å². The molecule has 1 N–H and O–H groups in total. The number of benzene rings is 6. The van der Waals surface area contributed by atoms with E-state index >= 15 is 0 Å². The van der Waals surface area contributed by atoms with Crippen LogP contribution in [0.25, 0.3) is 48.0 Å². The molecule has 264 valence electrons. The van der Waals surface area contributed by atoms with Crippen molar-refractivity contribution in [2.24, 2.45) is 0 Å². The van der Waals surface area contributed by atoms with Crippen LogP contribution in [-0.4, -0.2) is 11.6 Å². The van der Waals surface area contributed by atoms with Crippen molar-refractivity contribution in [1.82, 2.24) is 0 Å². The number of anilines is 3. The first kappa shape index (κ1) is 31.3. The minimum atomic E-state index is -0.361. The number of allylic oxidation sites excluding steroid dienone is 4. The van der Waals surface area contributed by atoms with E-state index < -0.39 is 0 Å². The highest BCUT2D eigenvalue weighted by Gasteiger charge is 2.44. The number of hydrogen-bond donors (Lipinski definition) is 1. The number of nitrogens with zero attached hydrogens (tertiary/aromatic N) is 1. The minimum Gasteiger partial charge on any atom is -0.485 e. The van der Waals surface area contributed by atoms with Crippen LogP contribution in [0.1, 0.15) is 48.6 Å². The van der Waals surface area contributed by atoms with Crippen LogP contribution in [0.15, 0.2) is 164 Å². The van der Waals surface area contributed by atoms with Crippen LogP contribution >= 0.6 is 11.3 Å². The zero-order valence-corrected chi connectivity index (χ0v) is 31.5. The molecule has 12 rings (SSSR count). The molecule has 55 heavy (non-hydrogen) atoms. The van der Waals surface area contributed by atoms with Crippen molar-refractivity contribution in [3.8, 4) is 28.0 Å². The van der Waals surface area contributed by atoms with Gasteiger partial charge in [0.25, 0.3) is 0 Å². The van der Waals surface area contributed by atoms with Crippen LogP contribution in [0.3, 0.4) is 0 Å². The normalized spacial score (nSPS) is 23.3. The molecule has 0 saturated carbocycles. The first-order valence-corrected chi connectivity index (χ1v) is 20.2. The molecule has 0 amide bonds. The average molecular weight is 727 g/mol. The fourth-order valence-corrected chi connectivity index (χ4v) is 11.1. The highest BCUT2D eigenvalue weighted by atomic mass is 32.1. The third-order valence-corrected chi connectivity index (χ3v) is 14.0. The molecule has 4 atom stereocenters. The number of ether oxygens (including phenoxy) is 1. The maximum absolute atomic E-state index is 6.53. The van der Waals surface area contributed by atoms with Gasteiger partial charge >= 0.3 is 0 Å². The Morgan fingerprint density at radius 3 is 2.49 bits per heavy atom. The summed E-state index contributed by atoms with van der Waals surface area (Å²) in [5, 5.41) is 6.57. The summed E-state index contributed by atoms with van der Waals surface area (Å²) in [4.78, 5) is 2.64. The summed E-state index contributed by atoms with van der Waals surface area (Å²) in [5.41, 5.74) is 14.7. The first-order valence-electron chi connectivity index (χ1n) is 19.4. The van der Waals surface area contributed by atoms with Crippen LogP contribution in [-0.2, 0) is 5.41 Å². The quantitative estimate of drug-likeness (QED) is 0.195. The van der Waals surface area contributed by atoms with Gasteiger partial charge in [-0.15, -0.1) is 11.3 Å². The molecule has 0 radical (unpaired) electrons. The van der Waals surface area contributed by atoms with E-state index in [4.69, 9.17) is 4.74 Å². The van der Waals surface area contributed by atoms with Gasteiger partial charge in [0.15, 0.2) is 0 Å². The van der Waals surface area contributed by atoms with Crippen molar-refractivity contribution < 1.29 is 4.74 Å². The predicted molar refractivity (Wildman–Crippen MR) is 231 cm³/mol. The Bertz CT molecular complexity index is 2930. The Morgan fingerprint density at radius 2 is 1.58 bits per heavy atom. The Kier molecular flexibility index (Phi) is 6.38. The van der Waals surface area contributed by atoms with Gasteiger partial charge < -0.3 is 15.0 Å². The van der Waals surface area contributed by atoms with Gasteiger partial charge in [-0.1, -0.05) is 115 Å². The molecule has 1 aromatic heterocycles. The SMILES string of the molecule is CC12C=CC=CC1Oc1cc(C3=CCC(C)(N(c4ccc5sc6ccccc6c5c4)c4ccc5c6c4-c4ccccc4NC6c4ccccc4-5)C=C3)ccc12. The summed E-state index contributed by atoms with van der Waals surface area (Å²) in [6.07, 6.45) is 16.8. The van der Waals surface area contributed by atoms with Crippen LogP contribution in [0.2, 0.25) is 0 Å². The fraction of sp³-hybridized carbons (Fsp3) is 0.137. The van der Waals surface area contributed by atoms with Crippen molar-refractivity contribution in [1.29, 1.82) is 0 Å². The van der Waals surface area contributed by atoms with Gasteiger partial charge in [0.05, 0.1) is 22.7 Å². The second-order valence-electron chi connectivity index (χ2n) is 16.1. The highest BCUT2D eigenvalue weighted by molar-refractivity contribution is 7.25. The van der Waals surface area contributed by atoms with E-state index in [1.165, 1.54) is 87.3 Å². The van der Waals surface area contributed by atoms with Gasteiger partial charge in [0, 0.05) is 48.2 Å². The molecular formula is C51H38N2OS. The molecule has 7 aromatic rings. The van der Waals surface area contributed by atoms with Gasteiger partial charge in [-0.25, -0.2) is 0 Å². The smallest absolute Gasteiger partial charge is 0.130 e. The molecule has 0 spiro atoms. The third kappa shape index (κ3) is 4.37.